The Labute approximate surface area is 135 Å². The Balaban J connectivity index is 1.38. The smallest absolute Gasteiger partial charge is 0.241 e. The second-order valence-electron chi connectivity index (χ2n) is 6.72. The van der Waals surface area contributed by atoms with E-state index in [2.05, 4.69) is 28.1 Å². The number of likely N-dealkylation sites (tertiary alicyclic amines) is 1. The Hall–Kier alpha value is -1.51. The maximum Gasteiger partial charge on any atom is 0.241 e. The highest BCUT2D eigenvalue weighted by Crippen LogP contribution is 2.31. The van der Waals surface area contributed by atoms with Crippen molar-refractivity contribution in [3.63, 3.8) is 0 Å². The zero-order valence-corrected chi connectivity index (χ0v) is 13.4. The lowest BCUT2D eigenvalue weighted by Gasteiger charge is -2.41. The first-order valence-corrected chi connectivity index (χ1v) is 8.56. The standard InChI is InChI=1S/C15H24N6O2/c1-2-3-10-6-12(18-17-10)15(22)20-5-4-13-14(8-20)23-9-11-7-16-19-21(11)13/h7,10,12-14,17-18H,2-6,8-9H2,1H3/t10?,12?,13-,14-/m0/s1. The van der Waals surface area contributed by atoms with Crippen molar-refractivity contribution < 1.29 is 9.53 Å². The van der Waals surface area contributed by atoms with Gasteiger partial charge in [0.15, 0.2) is 0 Å². The molecule has 3 aliphatic rings. The molecular weight excluding hydrogens is 296 g/mol. The Morgan fingerprint density at radius 3 is 3.26 bits per heavy atom. The van der Waals surface area contributed by atoms with Crippen LogP contribution in [0.3, 0.4) is 0 Å². The van der Waals surface area contributed by atoms with E-state index in [1.165, 1.54) is 0 Å². The molecule has 1 aromatic rings. The first-order valence-electron chi connectivity index (χ1n) is 8.56. The first kappa shape index (κ1) is 15.0. The van der Waals surface area contributed by atoms with Gasteiger partial charge in [-0.05, 0) is 19.3 Å². The van der Waals surface area contributed by atoms with E-state index in [0.717, 1.165) is 37.9 Å². The number of rotatable bonds is 3. The average Bonchev–Trinajstić information content (AvgIpc) is 3.23. The molecule has 23 heavy (non-hydrogen) atoms. The zero-order valence-electron chi connectivity index (χ0n) is 13.4. The average molecular weight is 320 g/mol. The second-order valence-corrected chi connectivity index (χ2v) is 6.72. The van der Waals surface area contributed by atoms with E-state index < -0.39 is 0 Å². The predicted molar refractivity (Wildman–Crippen MR) is 82.2 cm³/mol. The van der Waals surface area contributed by atoms with Crippen LogP contribution in [0.5, 0.6) is 0 Å². The Bertz CT molecular complexity index is 576. The van der Waals surface area contributed by atoms with Crippen LogP contribution in [0.4, 0.5) is 0 Å². The van der Waals surface area contributed by atoms with Crippen molar-refractivity contribution in [2.75, 3.05) is 13.1 Å². The van der Waals surface area contributed by atoms with Crippen LogP contribution in [0.15, 0.2) is 6.20 Å². The van der Waals surface area contributed by atoms with E-state index in [-0.39, 0.29) is 24.1 Å². The van der Waals surface area contributed by atoms with E-state index in [0.29, 0.717) is 19.2 Å². The summed E-state index contributed by atoms with van der Waals surface area (Å²) in [7, 11) is 0. The minimum atomic E-state index is -0.117. The van der Waals surface area contributed by atoms with Crippen molar-refractivity contribution in [2.24, 2.45) is 0 Å². The van der Waals surface area contributed by atoms with Crippen molar-refractivity contribution in [1.29, 1.82) is 0 Å². The number of carbonyl (C=O) groups is 1. The molecule has 0 spiro atoms. The van der Waals surface area contributed by atoms with Crippen LogP contribution in [0.2, 0.25) is 0 Å². The molecule has 8 nitrogen and oxygen atoms in total. The SMILES string of the molecule is CCCC1CC(C(=O)N2CC[C@H]3[C@H](C2)OCc2cnnn23)NN1. The van der Waals surface area contributed by atoms with E-state index in [4.69, 9.17) is 4.74 Å². The van der Waals surface area contributed by atoms with Crippen LogP contribution in [0.25, 0.3) is 0 Å². The quantitative estimate of drug-likeness (QED) is 0.815. The summed E-state index contributed by atoms with van der Waals surface area (Å²) < 4.78 is 7.91. The van der Waals surface area contributed by atoms with Crippen LogP contribution in [-0.2, 0) is 16.1 Å². The molecule has 4 heterocycles. The predicted octanol–water partition coefficient (Wildman–Crippen LogP) is -0.0145. The monoisotopic (exact) mass is 320 g/mol. The van der Waals surface area contributed by atoms with Crippen LogP contribution >= 0.6 is 0 Å². The zero-order chi connectivity index (χ0) is 15.8. The fourth-order valence-electron chi connectivity index (χ4n) is 3.93. The summed E-state index contributed by atoms with van der Waals surface area (Å²) in [5.74, 6) is 0.183. The molecule has 8 heteroatoms. The molecule has 4 atom stereocenters. The number of hydrazine groups is 1. The summed E-state index contributed by atoms with van der Waals surface area (Å²) in [5, 5.41) is 8.15. The van der Waals surface area contributed by atoms with E-state index in [9.17, 15) is 4.79 Å². The molecule has 2 unspecified atom stereocenters. The molecule has 1 amide bonds. The highest BCUT2D eigenvalue weighted by Gasteiger charge is 2.40. The summed E-state index contributed by atoms with van der Waals surface area (Å²) in [4.78, 5) is 14.7. The highest BCUT2D eigenvalue weighted by atomic mass is 16.5. The van der Waals surface area contributed by atoms with Gasteiger partial charge in [0.2, 0.25) is 5.91 Å². The molecule has 1 aromatic heterocycles. The van der Waals surface area contributed by atoms with Gasteiger partial charge < -0.3 is 9.64 Å². The Kier molecular flexibility index (Phi) is 4.04. The molecular formula is C15H24N6O2. The molecule has 0 bridgehead atoms. The minimum absolute atomic E-state index is 0.0164. The molecule has 3 aliphatic heterocycles. The first-order chi connectivity index (χ1) is 11.3. The second kappa shape index (κ2) is 6.18. The molecule has 0 radical (unpaired) electrons. The molecule has 2 saturated heterocycles. The van der Waals surface area contributed by atoms with E-state index in [1.54, 1.807) is 6.20 Å². The summed E-state index contributed by atoms with van der Waals surface area (Å²) in [5.41, 5.74) is 7.43. The van der Waals surface area contributed by atoms with Gasteiger partial charge in [-0.3, -0.25) is 10.2 Å². The number of nitrogens with one attached hydrogen (secondary N) is 2. The molecule has 2 N–H and O–H groups in total. The van der Waals surface area contributed by atoms with Crippen molar-refractivity contribution in [2.45, 2.75) is 63.4 Å². The number of hydrogen-bond acceptors (Lipinski definition) is 6. The van der Waals surface area contributed by atoms with Crippen LogP contribution in [0.1, 0.15) is 44.3 Å². The van der Waals surface area contributed by atoms with Crippen molar-refractivity contribution in [3.8, 4) is 0 Å². The molecule has 0 aliphatic carbocycles. The number of hydrogen-bond donors (Lipinski definition) is 2. The van der Waals surface area contributed by atoms with Crippen molar-refractivity contribution >= 4 is 5.91 Å². The maximum absolute atomic E-state index is 12.8. The van der Waals surface area contributed by atoms with Crippen LogP contribution in [0, 0.1) is 0 Å². The van der Waals surface area contributed by atoms with Gasteiger partial charge in [0.25, 0.3) is 0 Å². The van der Waals surface area contributed by atoms with Crippen LogP contribution < -0.4 is 10.9 Å². The van der Waals surface area contributed by atoms with Gasteiger partial charge in [0, 0.05) is 19.1 Å². The van der Waals surface area contributed by atoms with Gasteiger partial charge in [-0.2, -0.15) is 0 Å². The number of ether oxygens (including phenoxy) is 1. The third kappa shape index (κ3) is 2.75. The number of carbonyl (C=O) groups excluding carboxylic acids is 1. The number of piperidine rings is 1. The Morgan fingerprint density at radius 2 is 2.39 bits per heavy atom. The summed E-state index contributed by atoms with van der Waals surface area (Å²) in [6.45, 7) is 4.08. The van der Waals surface area contributed by atoms with Crippen LogP contribution in [-0.4, -0.2) is 57.1 Å². The van der Waals surface area contributed by atoms with Gasteiger partial charge in [0.05, 0.1) is 30.6 Å². The highest BCUT2D eigenvalue weighted by molar-refractivity contribution is 5.82. The van der Waals surface area contributed by atoms with Gasteiger partial charge >= 0.3 is 0 Å². The maximum atomic E-state index is 12.8. The third-order valence-electron chi connectivity index (χ3n) is 5.16. The van der Waals surface area contributed by atoms with Crippen molar-refractivity contribution in [3.05, 3.63) is 11.9 Å². The number of nitrogens with zero attached hydrogens (tertiary/aromatic N) is 4. The van der Waals surface area contributed by atoms with Gasteiger partial charge in [-0.15, -0.1) is 5.10 Å². The van der Waals surface area contributed by atoms with Gasteiger partial charge in [0.1, 0.15) is 6.04 Å². The number of fused-ring (bicyclic) bond motifs is 3. The molecule has 0 aromatic carbocycles. The molecule has 126 valence electrons. The van der Waals surface area contributed by atoms with Crippen molar-refractivity contribution in [1.82, 2.24) is 30.7 Å². The molecule has 4 rings (SSSR count). The molecule has 2 fully saturated rings. The lowest BCUT2D eigenvalue weighted by atomic mass is 9.98. The van der Waals surface area contributed by atoms with E-state index >= 15 is 0 Å². The topological polar surface area (TPSA) is 84.3 Å². The van der Waals surface area contributed by atoms with E-state index in [1.807, 2.05) is 9.58 Å². The lowest BCUT2D eigenvalue weighted by Crippen LogP contribution is -2.54. The summed E-state index contributed by atoms with van der Waals surface area (Å²) >= 11 is 0. The van der Waals surface area contributed by atoms with Gasteiger partial charge in [-0.1, -0.05) is 18.6 Å². The lowest BCUT2D eigenvalue weighted by molar-refractivity contribution is -0.141. The fraction of sp³-hybridized carbons (Fsp3) is 0.800. The normalized spacial score (nSPS) is 33.3. The largest absolute Gasteiger partial charge is 0.368 e. The number of amides is 1. The summed E-state index contributed by atoms with van der Waals surface area (Å²) in [6, 6.07) is 0.483. The Morgan fingerprint density at radius 1 is 1.48 bits per heavy atom. The molecule has 0 saturated carbocycles. The summed E-state index contributed by atoms with van der Waals surface area (Å²) in [6.07, 6.45) is 5.73. The minimum Gasteiger partial charge on any atom is -0.368 e. The van der Waals surface area contributed by atoms with Gasteiger partial charge in [-0.25, -0.2) is 10.1 Å². The number of aromatic nitrogens is 3. The third-order valence-corrected chi connectivity index (χ3v) is 5.16. The fourth-order valence-corrected chi connectivity index (χ4v) is 3.93.